The number of pyridine rings is 1. The van der Waals surface area contributed by atoms with Crippen LogP contribution in [-0.2, 0) is 6.54 Å². The minimum atomic E-state index is -0.450. The highest BCUT2D eigenvalue weighted by molar-refractivity contribution is 7.09. The number of hydrogen-bond donors (Lipinski definition) is 1. The highest BCUT2D eigenvalue weighted by atomic mass is 32.1. The first-order chi connectivity index (χ1) is 8.56. The van der Waals surface area contributed by atoms with Crippen LogP contribution >= 0.6 is 11.3 Å². The molecule has 6 nitrogen and oxygen atoms in total. The third-order valence-electron chi connectivity index (χ3n) is 2.35. The lowest BCUT2D eigenvalue weighted by Crippen LogP contribution is -2.03. The number of hydrogen-bond acceptors (Lipinski definition) is 6. The summed E-state index contributed by atoms with van der Waals surface area (Å²) in [5, 5.41) is 16.7. The van der Waals surface area contributed by atoms with E-state index in [-0.39, 0.29) is 5.69 Å². The Balaban J connectivity index is 2.08. The monoisotopic (exact) mass is 264 g/mol. The Kier molecular flexibility index (Phi) is 3.52. The van der Waals surface area contributed by atoms with Crippen LogP contribution in [-0.4, -0.2) is 14.9 Å². The van der Waals surface area contributed by atoms with Crippen LogP contribution in [0.4, 0.5) is 11.5 Å². The number of rotatable bonds is 4. The smallest absolute Gasteiger partial charge is 0.287 e. The summed E-state index contributed by atoms with van der Waals surface area (Å²) in [4.78, 5) is 18.5. The quantitative estimate of drug-likeness (QED) is 0.678. The molecule has 0 aliphatic rings. The molecule has 94 valence electrons. The average molecular weight is 264 g/mol. The van der Waals surface area contributed by atoms with Crippen molar-refractivity contribution in [2.24, 2.45) is 0 Å². The topological polar surface area (TPSA) is 81.0 Å². The zero-order chi connectivity index (χ0) is 13.1. The van der Waals surface area contributed by atoms with Crippen molar-refractivity contribution in [3.8, 4) is 0 Å². The summed E-state index contributed by atoms with van der Waals surface area (Å²) in [5.41, 5.74) is 1.74. The van der Waals surface area contributed by atoms with Crippen LogP contribution in [0.1, 0.15) is 16.3 Å². The van der Waals surface area contributed by atoms with Gasteiger partial charge in [0, 0.05) is 17.1 Å². The van der Waals surface area contributed by atoms with Crippen molar-refractivity contribution in [1.82, 2.24) is 9.97 Å². The van der Waals surface area contributed by atoms with Crippen LogP contribution in [0.3, 0.4) is 0 Å². The molecule has 0 aliphatic carbocycles. The van der Waals surface area contributed by atoms with E-state index in [1.165, 1.54) is 12.3 Å². The zero-order valence-electron chi connectivity index (χ0n) is 10.0. The van der Waals surface area contributed by atoms with Crippen LogP contribution in [0.2, 0.25) is 0 Å². The Morgan fingerprint density at radius 1 is 1.50 bits per heavy atom. The molecule has 0 saturated carbocycles. The van der Waals surface area contributed by atoms with Gasteiger partial charge in [-0.25, -0.2) is 9.97 Å². The summed E-state index contributed by atoms with van der Waals surface area (Å²) in [6, 6.07) is 1.50. The van der Waals surface area contributed by atoms with Gasteiger partial charge in [0.2, 0.25) is 0 Å². The fourth-order valence-corrected chi connectivity index (χ4v) is 2.20. The second-order valence-electron chi connectivity index (χ2n) is 3.85. The second kappa shape index (κ2) is 5.09. The van der Waals surface area contributed by atoms with E-state index in [9.17, 15) is 10.1 Å². The molecule has 2 rings (SSSR count). The molecule has 7 heteroatoms. The first kappa shape index (κ1) is 12.4. The largest absolute Gasteiger partial charge is 0.363 e. The third-order valence-corrected chi connectivity index (χ3v) is 3.31. The van der Waals surface area contributed by atoms with Gasteiger partial charge in [0.05, 0.1) is 11.5 Å². The number of anilines is 1. The number of thiazole rings is 1. The normalized spacial score (nSPS) is 10.3. The van der Waals surface area contributed by atoms with Gasteiger partial charge in [-0.2, -0.15) is 0 Å². The van der Waals surface area contributed by atoms with E-state index in [1.54, 1.807) is 18.3 Å². The molecule has 0 saturated heterocycles. The van der Waals surface area contributed by atoms with E-state index in [2.05, 4.69) is 15.3 Å². The lowest BCUT2D eigenvalue weighted by atomic mass is 10.2. The lowest BCUT2D eigenvalue weighted by molar-refractivity contribution is -0.385. The molecule has 0 aromatic carbocycles. The Hall–Kier alpha value is -2.02. The highest BCUT2D eigenvalue weighted by Gasteiger charge is 2.09. The second-order valence-corrected chi connectivity index (χ2v) is 4.79. The molecule has 0 aliphatic heterocycles. The number of aryl methyl sites for hydroxylation is 2. The van der Waals surface area contributed by atoms with Crippen LogP contribution in [0.25, 0.3) is 0 Å². The van der Waals surface area contributed by atoms with Crippen molar-refractivity contribution in [3.05, 3.63) is 44.0 Å². The Morgan fingerprint density at radius 2 is 2.28 bits per heavy atom. The summed E-state index contributed by atoms with van der Waals surface area (Å²) < 4.78 is 0. The predicted molar refractivity (Wildman–Crippen MR) is 69.8 cm³/mol. The van der Waals surface area contributed by atoms with Gasteiger partial charge in [-0.05, 0) is 19.4 Å². The fraction of sp³-hybridized carbons (Fsp3) is 0.273. The van der Waals surface area contributed by atoms with Gasteiger partial charge in [-0.3, -0.25) is 10.1 Å². The molecule has 0 fully saturated rings. The first-order valence-corrected chi connectivity index (χ1v) is 6.20. The van der Waals surface area contributed by atoms with E-state index in [0.717, 1.165) is 16.3 Å². The first-order valence-electron chi connectivity index (χ1n) is 5.32. The SMILES string of the molecule is Cc1csc(CNc2ncc([N+](=O)[O-])cc2C)n1. The molecular formula is C11H12N4O2S. The molecule has 0 unspecified atom stereocenters. The maximum atomic E-state index is 10.6. The summed E-state index contributed by atoms with van der Waals surface area (Å²) in [6.45, 7) is 4.30. The van der Waals surface area contributed by atoms with Gasteiger partial charge >= 0.3 is 0 Å². The minimum absolute atomic E-state index is 0.00291. The summed E-state index contributed by atoms with van der Waals surface area (Å²) in [7, 11) is 0. The number of nitrogens with zero attached hydrogens (tertiary/aromatic N) is 3. The Labute approximate surface area is 108 Å². The molecule has 18 heavy (non-hydrogen) atoms. The van der Waals surface area contributed by atoms with E-state index in [4.69, 9.17) is 0 Å². The molecule has 0 spiro atoms. The Bertz CT molecular complexity index is 582. The van der Waals surface area contributed by atoms with Crippen molar-refractivity contribution >= 4 is 22.8 Å². The lowest BCUT2D eigenvalue weighted by Gasteiger charge is -2.06. The summed E-state index contributed by atoms with van der Waals surface area (Å²) >= 11 is 1.57. The van der Waals surface area contributed by atoms with E-state index in [1.807, 2.05) is 12.3 Å². The van der Waals surface area contributed by atoms with Crippen molar-refractivity contribution in [2.45, 2.75) is 20.4 Å². The average Bonchev–Trinajstić information content (AvgIpc) is 2.73. The van der Waals surface area contributed by atoms with Gasteiger partial charge in [0.1, 0.15) is 17.0 Å². The van der Waals surface area contributed by atoms with Gasteiger partial charge < -0.3 is 5.32 Å². The van der Waals surface area contributed by atoms with Gasteiger partial charge in [0.15, 0.2) is 0 Å². The summed E-state index contributed by atoms with van der Waals surface area (Å²) in [5.74, 6) is 0.647. The molecule has 0 atom stereocenters. The van der Waals surface area contributed by atoms with E-state index in [0.29, 0.717) is 12.4 Å². The van der Waals surface area contributed by atoms with Crippen molar-refractivity contribution in [3.63, 3.8) is 0 Å². The molecule has 0 bridgehead atoms. The Morgan fingerprint density at radius 3 is 2.83 bits per heavy atom. The maximum Gasteiger partial charge on any atom is 0.287 e. The summed E-state index contributed by atoms with van der Waals surface area (Å²) in [6.07, 6.45) is 1.25. The molecule has 1 N–H and O–H groups in total. The van der Waals surface area contributed by atoms with Crippen molar-refractivity contribution < 1.29 is 4.92 Å². The number of nitro groups is 1. The van der Waals surface area contributed by atoms with Crippen molar-refractivity contribution in [1.29, 1.82) is 0 Å². The predicted octanol–water partition coefficient (Wildman–Crippen LogP) is 2.68. The molecule has 0 amide bonds. The molecule has 2 aromatic heterocycles. The zero-order valence-corrected chi connectivity index (χ0v) is 10.8. The fourth-order valence-electron chi connectivity index (χ4n) is 1.49. The minimum Gasteiger partial charge on any atom is -0.363 e. The molecular weight excluding hydrogens is 252 g/mol. The standard InChI is InChI=1S/C11H12N4O2S/c1-7-3-9(15(16)17)4-12-11(7)13-5-10-14-8(2)6-18-10/h3-4,6H,5H2,1-2H3,(H,12,13). The van der Waals surface area contributed by atoms with Crippen LogP contribution in [0.15, 0.2) is 17.6 Å². The van der Waals surface area contributed by atoms with Crippen LogP contribution in [0, 0.1) is 24.0 Å². The molecule has 2 aromatic rings. The van der Waals surface area contributed by atoms with Crippen molar-refractivity contribution in [2.75, 3.05) is 5.32 Å². The van der Waals surface area contributed by atoms with E-state index < -0.39 is 4.92 Å². The maximum absolute atomic E-state index is 10.6. The molecule has 2 heterocycles. The van der Waals surface area contributed by atoms with Gasteiger partial charge in [-0.1, -0.05) is 0 Å². The number of aromatic nitrogens is 2. The third kappa shape index (κ3) is 2.80. The van der Waals surface area contributed by atoms with Crippen LogP contribution in [0.5, 0.6) is 0 Å². The van der Waals surface area contributed by atoms with Gasteiger partial charge in [0.25, 0.3) is 5.69 Å². The van der Waals surface area contributed by atoms with Crippen LogP contribution < -0.4 is 5.32 Å². The van der Waals surface area contributed by atoms with E-state index >= 15 is 0 Å². The number of nitrogens with one attached hydrogen (secondary N) is 1. The molecule has 0 radical (unpaired) electrons. The van der Waals surface area contributed by atoms with Gasteiger partial charge in [-0.15, -0.1) is 11.3 Å². The highest BCUT2D eigenvalue weighted by Crippen LogP contribution is 2.19.